The average molecular weight is 287 g/mol. The van der Waals surface area contributed by atoms with E-state index in [0.29, 0.717) is 11.0 Å². The molecule has 1 heterocycles. The molecule has 0 unspecified atom stereocenters. The number of benzene rings is 1. The van der Waals surface area contributed by atoms with Crippen LogP contribution >= 0.6 is 0 Å². The monoisotopic (exact) mass is 287 g/mol. The molecule has 1 N–H and O–H groups in total. The van der Waals surface area contributed by atoms with E-state index < -0.39 is 5.97 Å². The summed E-state index contributed by atoms with van der Waals surface area (Å²) >= 11 is 0. The molecule has 4 heteroatoms. The number of carboxylic acids is 1. The maximum absolute atomic E-state index is 12.5. The summed E-state index contributed by atoms with van der Waals surface area (Å²) < 4.78 is 0. The Hall–Kier alpha value is -1.84. The fourth-order valence-electron chi connectivity index (χ4n) is 3.76. The van der Waals surface area contributed by atoms with Crippen LogP contribution in [0.25, 0.3) is 0 Å². The van der Waals surface area contributed by atoms with Crippen LogP contribution in [0.5, 0.6) is 0 Å². The van der Waals surface area contributed by atoms with Gasteiger partial charge >= 0.3 is 5.97 Å². The van der Waals surface area contributed by atoms with E-state index in [1.165, 1.54) is 44.2 Å². The molecular weight excluding hydrogens is 266 g/mol. The standard InChI is InChI=1S/C17H21NO3/c19-15(13-4-6-14(7-5-13)16(20)21)18-11-10-17(12-18)8-2-1-3-9-17/h4-7H,1-3,8-12H2,(H,20,21). The van der Waals surface area contributed by atoms with E-state index in [1.54, 1.807) is 12.1 Å². The molecule has 0 atom stereocenters. The van der Waals surface area contributed by atoms with Crippen LogP contribution in [0, 0.1) is 5.41 Å². The molecule has 1 spiro atoms. The maximum atomic E-state index is 12.5. The van der Waals surface area contributed by atoms with Crippen molar-refractivity contribution in [2.75, 3.05) is 13.1 Å². The number of carboxylic acid groups (broad SMARTS) is 1. The van der Waals surface area contributed by atoms with Crippen LogP contribution in [0.15, 0.2) is 24.3 Å². The second-order valence-corrected chi connectivity index (χ2v) is 6.42. The number of hydrogen-bond acceptors (Lipinski definition) is 2. The van der Waals surface area contributed by atoms with E-state index in [9.17, 15) is 9.59 Å². The Morgan fingerprint density at radius 1 is 0.952 bits per heavy atom. The van der Waals surface area contributed by atoms with Crippen molar-refractivity contribution < 1.29 is 14.7 Å². The lowest BCUT2D eigenvalue weighted by molar-refractivity contribution is 0.0694. The minimum absolute atomic E-state index is 0.0365. The molecule has 0 aromatic heterocycles. The number of hydrogen-bond donors (Lipinski definition) is 1. The van der Waals surface area contributed by atoms with Crippen molar-refractivity contribution in [2.45, 2.75) is 38.5 Å². The normalized spacial score (nSPS) is 20.7. The van der Waals surface area contributed by atoms with E-state index in [1.807, 2.05) is 4.90 Å². The van der Waals surface area contributed by atoms with E-state index >= 15 is 0 Å². The van der Waals surface area contributed by atoms with E-state index in [-0.39, 0.29) is 11.5 Å². The second kappa shape index (κ2) is 5.51. The summed E-state index contributed by atoms with van der Waals surface area (Å²) in [7, 11) is 0. The zero-order chi connectivity index (χ0) is 14.9. The molecule has 1 aromatic rings. The predicted octanol–water partition coefficient (Wildman–Crippen LogP) is 3.18. The van der Waals surface area contributed by atoms with Crippen molar-refractivity contribution in [1.82, 2.24) is 4.90 Å². The van der Waals surface area contributed by atoms with E-state index in [0.717, 1.165) is 19.5 Å². The fourth-order valence-corrected chi connectivity index (χ4v) is 3.76. The number of nitrogens with zero attached hydrogens (tertiary/aromatic N) is 1. The van der Waals surface area contributed by atoms with Crippen LogP contribution in [0.4, 0.5) is 0 Å². The van der Waals surface area contributed by atoms with Crippen molar-refractivity contribution in [1.29, 1.82) is 0 Å². The molecule has 3 rings (SSSR count). The third-order valence-electron chi connectivity index (χ3n) is 5.02. The van der Waals surface area contributed by atoms with Gasteiger partial charge < -0.3 is 10.0 Å². The summed E-state index contributed by atoms with van der Waals surface area (Å²) in [6, 6.07) is 6.25. The highest BCUT2D eigenvalue weighted by molar-refractivity contribution is 5.96. The van der Waals surface area contributed by atoms with Crippen molar-refractivity contribution in [2.24, 2.45) is 5.41 Å². The highest BCUT2D eigenvalue weighted by atomic mass is 16.4. The molecule has 1 aromatic carbocycles. The maximum Gasteiger partial charge on any atom is 0.335 e. The minimum atomic E-state index is -0.962. The molecule has 1 aliphatic carbocycles. The molecule has 2 aliphatic rings. The minimum Gasteiger partial charge on any atom is -0.478 e. The van der Waals surface area contributed by atoms with Crippen molar-refractivity contribution in [3.63, 3.8) is 0 Å². The van der Waals surface area contributed by atoms with Crippen LogP contribution in [-0.2, 0) is 0 Å². The Bertz CT molecular complexity index is 544. The van der Waals surface area contributed by atoms with Gasteiger partial charge in [-0.3, -0.25) is 4.79 Å². The van der Waals surface area contributed by atoms with Gasteiger partial charge in [-0.05, 0) is 48.9 Å². The largest absolute Gasteiger partial charge is 0.478 e. The second-order valence-electron chi connectivity index (χ2n) is 6.42. The van der Waals surface area contributed by atoms with Crippen LogP contribution in [0.2, 0.25) is 0 Å². The molecule has 4 nitrogen and oxygen atoms in total. The van der Waals surface area contributed by atoms with Crippen LogP contribution in [0.1, 0.15) is 59.2 Å². The van der Waals surface area contributed by atoms with Gasteiger partial charge in [0.05, 0.1) is 5.56 Å². The zero-order valence-corrected chi connectivity index (χ0v) is 12.2. The molecule has 21 heavy (non-hydrogen) atoms. The summed E-state index contributed by atoms with van der Waals surface area (Å²) in [5, 5.41) is 8.90. The molecule has 0 radical (unpaired) electrons. The first-order valence-electron chi connectivity index (χ1n) is 7.72. The third-order valence-corrected chi connectivity index (χ3v) is 5.02. The predicted molar refractivity (Wildman–Crippen MR) is 79.4 cm³/mol. The van der Waals surface area contributed by atoms with Crippen LogP contribution in [-0.4, -0.2) is 35.0 Å². The van der Waals surface area contributed by atoms with Crippen molar-refractivity contribution >= 4 is 11.9 Å². The lowest BCUT2D eigenvalue weighted by Gasteiger charge is -2.33. The summed E-state index contributed by atoms with van der Waals surface area (Å²) in [6.07, 6.45) is 7.51. The number of carbonyl (C=O) groups excluding carboxylic acids is 1. The molecule has 1 saturated heterocycles. The number of aromatic carboxylic acids is 1. The Morgan fingerprint density at radius 2 is 1.57 bits per heavy atom. The average Bonchev–Trinajstić information content (AvgIpc) is 2.91. The Morgan fingerprint density at radius 3 is 2.19 bits per heavy atom. The van der Waals surface area contributed by atoms with Crippen molar-refractivity contribution in [3.8, 4) is 0 Å². The molecule has 112 valence electrons. The van der Waals surface area contributed by atoms with Gasteiger partial charge in [-0.2, -0.15) is 0 Å². The fraction of sp³-hybridized carbons (Fsp3) is 0.529. The van der Waals surface area contributed by atoms with E-state index in [2.05, 4.69) is 0 Å². The molecule has 1 saturated carbocycles. The first-order valence-corrected chi connectivity index (χ1v) is 7.72. The quantitative estimate of drug-likeness (QED) is 0.909. The number of carbonyl (C=O) groups is 2. The van der Waals surface area contributed by atoms with Gasteiger partial charge in [0.2, 0.25) is 0 Å². The summed E-state index contributed by atoms with van der Waals surface area (Å²) in [5.74, 6) is -0.925. The molecular formula is C17H21NO3. The first-order chi connectivity index (χ1) is 10.1. The lowest BCUT2D eigenvalue weighted by Crippen LogP contribution is -2.33. The van der Waals surface area contributed by atoms with Gasteiger partial charge in [-0.15, -0.1) is 0 Å². The Balaban J connectivity index is 1.69. The van der Waals surface area contributed by atoms with Crippen molar-refractivity contribution in [3.05, 3.63) is 35.4 Å². The van der Waals surface area contributed by atoms with E-state index in [4.69, 9.17) is 5.11 Å². The van der Waals surface area contributed by atoms with Crippen LogP contribution < -0.4 is 0 Å². The number of rotatable bonds is 2. The van der Waals surface area contributed by atoms with Gasteiger partial charge in [0.1, 0.15) is 0 Å². The number of amides is 1. The summed E-state index contributed by atoms with van der Waals surface area (Å²) in [4.78, 5) is 25.3. The van der Waals surface area contributed by atoms with Gasteiger partial charge in [-0.1, -0.05) is 19.3 Å². The van der Waals surface area contributed by atoms with Crippen LogP contribution in [0.3, 0.4) is 0 Å². The molecule has 1 amide bonds. The number of likely N-dealkylation sites (tertiary alicyclic amines) is 1. The van der Waals surface area contributed by atoms with Gasteiger partial charge in [0.15, 0.2) is 0 Å². The third kappa shape index (κ3) is 2.80. The first kappa shape index (κ1) is 14.1. The molecule has 2 fully saturated rings. The molecule has 0 bridgehead atoms. The Labute approximate surface area is 124 Å². The zero-order valence-electron chi connectivity index (χ0n) is 12.2. The van der Waals surface area contributed by atoms with Gasteiger partial charge in [0.25, 0.3) is 5.91 Å². The van der Waals surface area contributed by atoms with Gasteiger partial charge in [0, 0.05) is 18.7 Å². The SMILES string of the molecule is O=C(O)c1ccc(C(=O)N2CCC3(CCCCC3)C2)cc1. The lowest BCUT2D eigenvalue weighted by atomic mass is 9.73. The van der Waals surface area contributed by atoms with Gasteiger partial charge in [-0.25, -0.2) is 4.79 Å². The summed E-state index contributed by atoms with van der Waals surface area (Å²) in [6.45, 7) is 1.70. The summed E-state index contributed by atoms with van der Waals surface area (Å²) in [5.41, 5.74) is 1.17. The highest BCUT2D eigenvalue weighted by Gasteiger charge is 2.40. The highest BCUT2D eigenvalue weighted by Crippen LogP contribution is 2.43. The Kier molecular flexibility index (Phi) is 3.70. The topological polar surface area (TPSA) is 57.6 Å². The molecule has 1 aliphatic heterocycles. The smallest absolute Gasteiger partial charge is 0.335 e.